The van der Waals surface area contributed by atoms with Gasteiger partial charge in [-0.15, -0.1) is 6.42 Å². The Balaban J connectivity index is 4.62. The number of allylic oxidation sites excluding steroid dienone is 3. The Labute approximate surface area is 105 Å². The first-order valence-electron chi connectivity index (χ1n) is 5.87. The molecule has 0 aliphatic carbocycles. The maximum atomic E-state index is 6.06. The molecule has 2 N–H and O–H groups in total. The first-order chi connectivity index (χ1) is 7.99. The fourth-order valence-electron chi connectivity index (χ4n) is 1.31. The minimum absolute atomic E-state index is 0.235. The van der Waals surface area contributed by atoms with Gasteiger partial charge in [-0.05, 0) is 27.7 Å². The Hall–Kier alpha value is -1.08. The third-order valence-corrected chi connectivity index (χ3v) is 2.43. The molecular weight excluding hydrogens is 212 g/mol. The molecule has 0 saturated carbocycles. The molecule has 0 aromatic heterocycles. The fraction of sp³-hybridized carbons (Fsp3) is 0.571. The van der Waals surface area contributed by atoms with Crippen LogP contribution in [-0.4, -0.2) is 29.8 Å². The Kier molecular flexibility index (Phi) is 7.56. The summed E-state index contributed by atoms with van der Waals surface area (Å²) < 4.78 is 5.41. The molecule has 0 aromatic rings. The van der Waals surface area contributed by atoms with Crippen molar-refractivity contribution < 1.29 is 4.74 Å². The molecule has 0 spiro atoms. The summed E-state index contributed by atoms with van der Waals surface area (Å²) in [5.41, 5.74) is -0.298. The maximum Gasteiger partial charge on any atom is 0.104 e. The largest absolute Gasteiger partial charge is 0.380 e. The predicted octanol–water partition coefficient (Wildman–Crippen LogP) is 2.11. The number of hydrazine groups is 1. The van der Waals surface area contributed by atoms with Crippen molar-refractivity contribution in [3.63, 3.8) is 0 Å². The molecule has 0 radical (unpaired) electrons. The van der Waals surface area contributed by atoms with Gasteiger partial charge in [-0.25, -0.2) is 5.01 Å². The van der Waals surface area contributed by atoms with Crippen molar-refractivity contribution in [2.45, 2.75) is 39.3 Å². The summed E-state index contributed by atoms with van der Waals surface area (Å²) in [5, 5.41) is 1.66. The molecule has 3 heteroatoms. The molecule has 0 heterocycles. The average molecular weight is 236 g/mol. The fourth-order valence-corrected chi connectivity index (χ4v) is 1.31. The summed E-state index contributed by atoms with van der Waals surface area (Å²) in [6.45, 7) is 9.16. The van der Waals surface area contributed by atoms with Gasteiger partial charge in [0.2, 0.25) is 0 Å². The van der Waals surface area contributed by atoms with Gasteiger partial charge in [-0.3, -0.25) is 5.84 Å². The highest BCUT2D eigenvalue weighted by Crippen LogP contribution is 2.14. The molecule has 1 atom stereocenters. The molecule has 96 valence electrons. The highest BCUT2D eigenvalue weighted by Gasteiger charge is 2.28. The van der Waals surface area contributed by atoms with Crippen LogP contribution >= 0.6 is 0 Å². The van der Waals surface area contributed by atoms with Crippen molar-refractivity contribution in [1.29, 1.82) is 0 Å². The van der Waals surface area contributed by atoms with Gasteiger partial charge < -0.3 is 4.74 Å². The highest BCUT2D eigenvalue weighted by atomic mass is 16.5. The quantitative estimate of drug-likeness (QED) is 0.318. The highest BCUT2D eigenvalue weighted by molar-refractivity contribution is 5.16. The van der Waals surface area contributed by atoms with E-state index < -0.39 is 0 Å². The van der Waals surface area contributed by atoms with E-state index >= 15 is 0 Å². The van der Waals surface area contributed by atoms with E-state index in [0.29, 0.717) is 13.2 Å². The van der Waals surface area contributed by atoms with Crippen LogP contribution in [0.1, 0.15) is 27.7 Å². The topological polar surface area (TPSA) is 38.5 Å². The van der Waals surface area contributed by atoms with E-state index in [1.807, 2.05) is 52.0 Å². The van der Waals surface area contributed by atoms with Crippen molar-refractivity contribution in [2.75, 3.05) is 13.2 Å². The molecule has 0 fully saturated rings. The predicted molar refractivity (Wildman–Crippen MR) is 73.2 cm³/mol. The van der Waals surface area contributed by atoms with Crippen molar-refractivity contribution in [1.82, 2.24) is 5.01 Å². The van der Waals surface area contributed by atoms with E-state index in [4.69, 9.17) is 17.0 Å². The number of hydrogen-bond acceptors (Lipinski definition) is 3. The zero-order valence-corrected chi connectivity index (χ0v) is 11.3. The van der Waals surface area contributed by atoms with E-state index in [0.717, 1.165) is 0 Å². The van der Waals surface area contributed by atoms with Crippen LogP contribution in [0.3, 0.4) is 0 Å². The molecule has 0 bridgehead atoms. The zero-order chi connectivity index (χ0) is 13.3. The summed E-state index contributed by atoms with van der Waals surface area (Å²) in [7, 11) is 0. The SMILES string of the molecule is C#CC(/C=C\C=C/C)N(N)C(C)(C)COCC. The smallest absolute Gasteiger partial charge is 0.104 e. The summed E-state index contributed by atoms with van der Waals surface area (Å²) in [6.07, 6.45) is 13.2. The molecule has 0 aliphatic rings. The van der Waals surface area contributed by atoms with Gasteiger partial charge in [0.15, 0.2) is 0 Å². The van der Waals surface area contributed by atoms with E-state index in [9.17, 15) is 0 Å². The van der Waals surface area contributed by atoms with Gasteiger partial charge in [0, 0.05) is 6.61 Å². The molecule has 1 unspecified atom stereocenters. The van der Waals surface area contributed by atoms with Crippen LogP contribution in [0, 0.1) is 12.3 Å². The second kappa shape index (κ2) is 8.08. The first-order valence-corrected chi connectivity index (χ1v) is 5.87. The first kappa shape index (κ1) is 15.9. The van der Waals surface area contributed by atoms with E-state index in [-0.39, 0.29) is 11.6 Å². The van der Waals surface area contributed by atoms with Crippen LogP contribution in [0.25, 0.3) is 0 Å². The normalized spacial score (nSPS) is 14.6. The van der Waals surface area contributed by atoms with Gasteiger partial charge >= 0.3 is 0 Å². The maximum absolute atomic E-state index is 6.06. The van der Waals surface area contributed by atoms with Crippen LogP contribution in [0.2, 0.25) is 0 Å². The van der Waals surface area contributed by atoms with Crippen molar-refractivity contribution >= 4 is 0 Å². The average Bonchev–Trinajstić information content (AvgIpc) is 2.31. The van der Waals surface area contributed by atoms with Crippen LogP contribution in [0.5, 0.6) is 0 Å². The van der Waals surface area contributed by atoms with Crippen LogP contribution < -0.4 is 5.84 Å². The Bertz CT molecular complexity index is 300. The minimum atomic E-state index is -0.298. The van der Waals surface area contributed by atoms with Gasteiger partial charge in [-0.1, -0.05) is 30.2 Å². The van der Waals surface area contributed by atoms with Crippen molar-refractivity contribution in [3.05, 3.63) is 24.3 Å². The third kappa shape index (κ3) is 5.69. The molecule has 17 heavy (non-hydrogen) atoms. The summed E-state index contributed by atoms with van der Waals surface area (Å²) >= 11 is 0. The molecule has 0 saturated heterocycles. The number of nitrogens with two attached hydrogens (primary N) is 1. The molecule has 0 aromatic carbocycles. The number of ether oxygens (including phenoxy) is 1. The molecular formula is C14H24N2O. The minimum Gasteiger partial charge on any atom is -0.380 e. The van der Waals surface area contributed by atoms with E-state index in [1.165, 1.54) is 0 Å². The van der Waals surface area contributed by atoms with Crippen LogP contribution in [0.4, 0.5) is 0 Å². The lowest BCUT2D eigenvalue weighted by Gasteiger charge is -2.37. The zero-order valence-electron chi connectivity index (χ0n) is 11.3. The lowest BCUT2D eigenvalue weighted by Crippen LogP contribution is -2.55. The Morgan fingerprint density at radius 3 is 2.59 bits per heavy atom. The number of hydrogen-bond donors (Lipinski definition) is 1. The van der Waals surface area contributed by atoms with E-state index in [2.05, 4.69) is 5.92 Å². The van der Waals surface area contributed by atoms with Crippen LogP contribution in [0.15, 0.2) is 24.3 Å². The number of nitrogens with zero attached hydrogens (tertiary/aromatic N) is 1. The second-order valence-electron chi connectivity index (χ2n) is 4.38. The van der Waals surface area contributed by atoms with Crippen molar-refractivity contribution in [2.24, 2.45) is 5.84 Å². The molecule has 0 amide bonds. The second-order valence-corrected chi connectivity index (χ2v) is 4.38. The molecule has 3 nitrogen and oxygen atoms in total. The number of rotatable bonds is 7. The summed E-state index contributed by atoms with van der Waals surface area (Å²) in [5.74, 6) is 8.73. The summed E-state index contributed by atoms with van der Waals surface area (Å²) in [4.78, 5) is 0. The van der Waals surface area contributed by atoms with Gasteiger partial charge in [0.1, 0.15) is 6.04 Å². The van der Waals surface area contributed by atoms with Gasteiger partial charge in [0.25, 0.3) is 0 Å². The molecule has 0 rings (SSSR count). The van der Waals surface area contributed by atoms with Gasteiger partial charge in [-0.2, -0.15) is 0 Å². The standard InChI is InChI=1S/C14H24N2O/c1-6-9-10-11-13(7-2)16(15)14(4,5)12-17-8-3/h2,6,9-11,13H,8,12,15H2,1,3-5H3/b9-6-,11-10-. The lowest BCUT2D eigenvalue weighted by atomic mass is 10.0. The van der Waals surface area contributed by atoms with Crippen LogP contribution in [-0.2, 0) is 4.74 Å². The lowest BCUT2D eigenvalue weighted by molar-refractivity contribution is 0.0111. The van der Waals surface area contributed by atoms with Crippen molar-refractivity contribution in [3.8, 4) is 12.3 Å². The number of terminal acetylenes is 1. The Morgan fingerprint density at radius 2 is 2.12 bits per heavy atom. The Morgan fingerprint density at radius 1 is 1.47 bits per heavy atom. The van der Waals surface area contributed by atoms with Gasteiger partial charge in [0.05, 0.1) is 12.1 Å². The third-order valence-electron chi connectivity index (χ3n) is 2.43. The monoisotopic (exact) mass is 236 g/mol. The van der Waals surface area contributed by atoms with E-state index in [1.54, 1.807) is 5.01 Å². The summed E-state index contributed by atoms with van der Waals surface area (Å²) in [6, 6.07) is -0.235. The molecule has 0 aliphatic heterocycles.